The van der Waals surface area contributed by atoms with Crippen LogP contribution in [-0.2, 0) is 0 Å². The molecule has 0 radical (unpaired) electrons. The van der Waals surface area contributed by atoms with Crippen molar-refractivity contribution < 1.29 is 0 Å². The number of hydrogen-bond donors (Lipinski definition) is 1. The fourth-order valence-electron chi connectivity index (χ4n) is 1.43. The maximum absolute atomic E-state index is 4.33. The van der Waals surface area contributed by atoms with E-state index in [0.29, 0.717) is 5.95 Å². The molecule has 0 unspecified atom stereocenters. The molecule has 3 heterocycles. The van der Waals surface area contributed by atoms with Gasteiger partial charge in [-0.1, -0.05) is 0 Å². The summed E-state index contributed by atoms with van der Waals surface area (Å²) in [5.41, 5.74) is 3.85. The minimum absolute atomic E-state index is 0.564. The first-order chi connectivity index (χ1) is 7.81. The lowest BCUT2D eigenvalue weighted by atomic mass is 10.5. The van der Waals surface area contributed by atoms with Gasteiger partial charge in [-0.25, -0.2) is 4.52 Å². The smallest absolute Gasteiger partial charge is 0.262 e. The average Bonchev–Trinajstić information content (AvgIpc) is 2.86. The third-order valence-corrected chi connectivity index (χ3v) is 2.60. The first-order valence-electron chi connectivity index (χ1n) is 4.73. The van der Waals surface area contributed by atoms with Crippen molar-refractivity contribution in [3.63, 3.8) is 0 Å². The summed E-state index contributed by atoms with van der Waals surface area (Å²) in [6.45, 7) is 0. The molecule has 16 heavy (non-hydrogen) atoms. The summed E-state index contributed by atoms with van der Waals surface area (Å²) in [6, 6.07) is 7.69. The zero-order valence-corrected chi connectivity index (χ0v) is 9.79. The Hall–Kier alpha value is -1.82. The molecule has 6 heteroatoms. The van der Waals surface area contributed by atoms with Gasteiger partial charge in [-0.15, -0.1) is 5.10 Å². The van der Waals surface area contributed by atoms with E-state index in [1.165, 1.54) is 0 Å². The van der Waals surface area contributed by atoms with Crippen LogP contribution in [0.15, 0.2) is 47.3 Å². The van der Waals surface area contributed by atoms with Crippen molar-refractivity contribution in [3.05, 3.63) is 47.3 Å². The number of aromatic nitrogens is 4. The summed E-state index contributed by atoms with van der Waals surface area (Å²) in [4.78, 5) is 4.33. The third-order valence-electron chi connectivity index (χ3n) is 2.13. The molecule has 0 saturated carbocycles. The van der Waals surface area contributed by atoms with Crippen LogP contribution in [0, 0.1) is 0 Å². The van der Waals surface area contributed by atoms with E-state index in [1.54, 1.807) is 9.19 Å². The van der Waals surface area contributed by atoms with Gasteiger partial charge in [0.15, 0.2) is 5.65 Å². The lowest BCUT2D eigenvalue weighted by molar-refractivity contribution is 0.901. The molecule has 0 aliphatic rings. The standard InChI is InChI=1S/C10H8BrN5/c11-8-3-4-9-12-10(14-16(9)7-8)13-15-5-1-2-6-15/h1-7H,(H,13,14). The van der Waals surface area contributed by atoms with E-state index in [1.807, 2.05) is 42.9 Å². The predicted octanol–water partition coefficient (Wildman–Crippen LogP) is 2.17. The van der Waals surface area contributed by atoms with Crippen molar-refractivity contribution in [1.82, 2.24) is 19.3 Å². The number of hydrogen-bond acceptors (Lipinski definition) is 3. The SMILES string of the molecule is Brc1ccc2nc(Nn3cccc3)nn2c1. The van der Waals surface area contributed by atoms with Gasteiger partial charge in [0.25, 0.3) is 5.95 Å². The molecule has 0 bridgehead atoms. The van der Waals surface area contributed by atoms with Crippen LogP contribution < -0.4 is 5.43 Å². The number of nitrogens with one attached hydrogen (secondary N) is 1. The lowest BCUT2D eigenvalue weighted by Gasteiger charge is -2.00. The van der Waals surface area contributed by atoms with Gasteiger partial charge in [0.05, 0.1) is 0 Å². The van der Waals surface area contributed by atoms with Crippen molar-refractivity contribution in [1.29, 1.82) is 0 Å². The molecule has 3 rings (SSSR count). The molecule has 3 aromatic rings. The fourth-order valence-corrected chi connectivity index (χ4v) is 1.76. The van der Waals surface area contributed by atoms with Gasteiger partial charge in [-0.2, -0.15) is 4.98 Å². The Labute approximate surface area is 99.8 Å². The van der Waals surface area contributed by atoms with Crippen molar-refractivity contribution in [2.24, 2.45) is 0 Å². The third kappa shape index (κ3) is 1.67. The molecule has 0 amide bonds. The van der Waals surface area contributed by atoms with Crippen LogP contribution in [-0.4, -0.2) is 19.3 Å². The fraction of sp³-hybridized carbons (Fsp3) is 0. The number of fused-ring (bicyclic) bond motifs is 1. The normalized spacial score (nSPS) is 10.8. The number of rotatable bonds is 2. The number of nitrogens with zero attached hydrogens (tertiary/aromatic N) is 4. The Morgan fingerprint density at radius 3 is 2.81 bits per heavy atom. The van der Waals surface area contributed by atoms with Crippen LogP contribution in [0.3, 0.4) is 0 Å². The van der Waals surface area contributed by atoms with E-state index < -0.39 is 0 Å². The minimum atomic E-state index is 0.564. The van der Waals surface area contributed by atoms with E-state index in [4.69, 9.17) is 0 Å². The molecular weight excluding hydrogens is 270 g/mol. The highest BCUT2D eigenvalue weighted by Gasteiger charge is 2.02. The Kier molecular flexibility index (Phi) is 2.14. The van der Waals surface area contributed by atoms with Crippen LogP contribution >= 0.6 is 15.9 Å². The van der Waals surface area contributed by atoms with Crippen molar-refractivity contribution in [2.45, 2.75) is 0 Å². The Balaban J connectivity index is 1.99. The van der Waals surface area contributed by atoms with Crippen LogP contribution in [0.2, 0.25) is 0 Å². The van der Waals surface area contributed by atoms with Gasteiger partial charge in [0.2, 0.25) is 0 Å². The first kappa shape index (κ1) is 9.41. The molecule has 0 atom stereocenters. The van der Waals surface area contributed by atoms with E-state index in [9.17, 15) is 0 Å². The molecule has 0 fully saturated rings. The molecule has 5 nitrogen and oxygen atoms in total. The van der Waals surface area contributed by atoms with Gasteiger partial charge in [-0.05, 0) is 40.2 Å². The van der Waals surface area contributed by atoms with Crippen LogP contribution in [0.4, 0.5) is 5.95 Å². The zero-order chi connectivity index (χ0) is 11.0. The highest BCUT2D eigenvalue weighted by molar-refractivity contribution is 9.10. The molecule has 1 N–H and O–H groups in total. The zero-order valence-electron chi connectivity index (χ0n) is 8.21. The summed E-state index contributed by atoms with van der Waals surface area (Å²) >= 11 is 3.39. The van der Waals surface area contributed by atoms with Crippen LogP contribution in [0.25, 0.3) is 5.65 Å². The summed E-state index contributed by atoms with van der Waals surface area (Å²) in [6.07, 6.45) is 5.65. The number of halogens is 1. The molecule has 80 valence electrons. The Bertz CT molecular complexity index is 613. The summed E-state index contributed by atoms with van der Waals surface area (Å²) < 4.78 is 4.48. The highest BCUT2D eigenvalue weighted by Crippen LogP contribution is 2.12. The maximum Gasteiger partial charge on any atom is 0.262 e. The van der Waals surface area contributed by atoms with Gasteiger partial charge >= 0.3 is 0 Å². The summed E-state index contributed by atoms with van der Waals surface area (Å²) in [5.74, 6) is 0.564. The Morgan fingerprint density at radius 2 is 2.00 bits per heavy atom. The van der Waals surface area contributed by atoms with Crippen LogP contribution in [0.5, 0.6) is 0 Å². The quantitative estimate of drug-likeness (QED) is 0.781. The van der Waals surface area contributed by atoms with E-state index >= 15 is 0 Å². The topological polar surface area (TPSA) is 47.2 Å². The summed E-state index contributed by atoms with van der Waals surface area (Å²) in [5, 5.41) is 4.29. The molecule has 0 aliphatic heterocycles. The largest absolute Gasteiger partial charge is 0.268 e. The van der Waals surface area contributed by atoms with E-state index in [-0.39, 0.29) is 0 Å². The van der Waals surface area contributed by atoms with Crippen molar-refractivity contribution in [2.75, 3.05) is 5.43 Å². The molecule has 3 aromatic heterocycles. The second kappa shape index (κ2) is 3.64. The number of anilines is 1. The first-order valence-corrected chi connectivity index (χ1v) is 5.52. The van der Waals surface area contributed by atoms with Crippen LogP contribution in [0.1, 0.15) is 0 Å². The molecule has 0 aliphatic carbocycles. The van der Waals surface area contributed by atoms with Gasteiger partial charge < -0.3 is 0 Å². The van der Waals surface area contributed by atoms with Gasteiger partial charge in [0, 0.05) is 23.1 Å². The van der Waals surface area contributed by atoms with Crippen molar-refractivity contribution >= 4 is 27.5 Å². The molecule has 0 aromatic carbocycles. The molecular formula is C10H8BrN5. The second-order valence-electron chi connectivity index (χ2n) is 3.29. The monoisotopic (exact) mass is 277 g/mol. The molecule has 0 saturated heterocycles. The predicted molar refractivity (Wildman–Crippen MR) is 64.1 cm³/mol. The second-order valence-corrected chi connectivity index (χ2v) is 4.20. The minimum Gasteiger partial charge on any atom is -0.268 e. The highest BCUT2D eigenvalue weighted by atomic mass is 79.9. The molecule has 0 spiro atoms. The average molecular weight is 278 g/mol. The van der Waals surface area contributed by atoms with Gasteiger partial charge in [-0.3, -0.25) is 10.1 Å². The Morgan fingerprint density at radius 1 is 1.19 bits per heavy atom. The van der Waals surface area contributed by atoms with Crippen molar-refractivity contribution in [3.8, 4) is 0 Å². The van der Waals surface area contributed by atoms with E-state index in [0.717, 1.165) is 10.1 Å². The van der Waals surface area contributed by atoms with E-state index in [2.05, 4.69) is 31.4 Å². The lowest BCUT2D eigenvalue weighted by Crippen LogP contribution is -2.07. The van der Waals surface area contributed by atoms with Gasteiger partial charge in [0.1, 0.15) is 0 Å². The maximum atomic E-state index is 4.33. The number of pyridine rings is 1. The summed E-state index contributed by atoms with van der Waals surface area (Å²) in [7, 11) is 0.